The van der Waals surface area contributed by atoms with Gasteiger partial charge in [0.2, 0.25) is 10.0 Å². The number of carbonyl (C=O) groups is 2. The maximum Gasteiger partial charge on any atom is 0.295 e. The lowest BCUT2D eigenvalue weighted by Gasteiger charge is -2.25. The van der Waals surface area contributed by atoms with E-state index in [0.29, 0.717) is 22.6 Å². The monoisotopic (exact) mass is 574 g/mol. The van der Waals surface area contributed by atoms with Gasteiger partial charge in [0.1, 0.15) is 5.76 Å². The summed E-state index contributed by atoms with van der Waals surface area (Å²) in [5.74, 6) is -1.78. The molecule has 1 heterocycles. The highest BCUT2D eigenvalue weighted by Gasteiger charge is 2.45. The molecule has 1 amide bonds. The van der Waals surface area contributed by atoms with Crippen molar-refractivity contribution >= 4 is 55.0 Å². The summed E-state index contributed by atoms with van der Waals surface area (Å²) in [6.45, 7) is 0.156. The van der Waals surface area contributed by atoms with Gasteiger partial charge in [-0.15, -0.1) is 0 Å². The molecule has 7 nitrogen and oxygen atoms in total. The molecule has 3 aromatic carbocycles. The number of halogens is 2. The third-order valence-corrected chi connectivity index (χ3v) is 7.45. The van der Waals surface area contributed by atoms with E-state index in [1.807, 2.05) is 0 Å². The highest BCUT2D eigenvalue weighted by Crippen LogP contribution is 2.39. The number of aliphatic hydroxyl groups is 1. The predicted molar refractivity (Wildman–Crippen MR) is 136 cm³/mol. The first kappa shape index (κ1) is 25.1. The van der Waals surface area contributed by atoms with Crippen LogP contribution in [0.2, 0.25) is 5.02 Å². The molecule has 0 spiro atoms. The zero-order valence-corrected chi connectivity index (χ0v) is 21.3. The first-order valence-electron chi connectivity index (χ1n) is 10.5. The number of sulfonamides is 1. The molecule has 1 aliphatic rings. The van der Waals surface area contributed by atoms with E-state index in [9.17, 15) is 23.1 Å². The molecule has 1 aliphatic heterocycles. The molecule has 3 aromatic rings. The molecule has 1 unspecified atom stereocenters. The van der Waals surface area contributed by atoms with Gasteiger partial charge in [0, 0.05) is 21.6 Å². The summed E-state index contributed by atoms with van der Waals surface area (Å²) < 4.78 is 23.8. The Bertz CT molecular complexity index is 1420. The van der Waals surface area contributed by atoms with E-state index in [1.165, 1.54) is 17.0 Å². The van der Waals surface area contributed by atoms with Crippen LogP contribution in [0.15, 0.2) is 87.7 Å². The highest BCUT2D eigenvalue weighted by molar-refractivity contribution is 9.10. The van der Waals surface area contributed by atoms with E-state index in [2.05, 4.69) is 15.9 Å². The zero-order valence-electron chi connectivity index (χ0n) is 18.2. The first-order valence-corrected chi connectivity index (χ1v) is 13.2. The minimum Gasteiger partial charge on any atom is -0.507 e. The average molecular weight is 576 g/mol. The fraction of sp³-hybridized carbons (Fsp3) is 0.120. The number of aliphatic hydroxyl groups excluding tert-OH is 1. The van der Waals surface area contributed by atoms with Crippen LogP contribution < -0.4 is 5.14 Å². The van der Waals surface area contributed by atoms with Crippen LogP contribution in [-0.4, -0.2) is 36.7 Å². The van der Waals surface area contributed by atoms with Gasteiger partial charge in [-0.25, -0.2) is 13.6 Å². The molecule has 0 bridgehead atoms. The fourth-order valence-electron chi connectivity index (χ4n) is 3.96. The lowest BCUT2D eigenvalue weighted by atomic mass is 9.95. The lowest BCUT2D eigenvalue weighted by Crippen LogP contribution is -2.31. The van der Waals surface area contributed by atoms with E-state index in [1.54, 1.807) is 60.7 Å². The van der Waals surface area contributed by atoms with E-state index < -0.39 is 27.8 Å². The van der Waals surface area contributed by atoms with E-state index in [0.717, 1.165) is 10.0 Å². The molecule has 1 fully saturated rings. The van der Waals surface area contributed by atoms with Crippen LogP contribution in [0.1, 0.15) is 22.7 Å². The van der Waals surface area contributed by atoms with E-state index >= 15 is 0 Å². The summed E-state index contributed by atoms with van der Waals surface area (Å²) in [6.07, 6.45) is 0.348. The number of ketones is 1. The summed E-state index contributed by atoms with van der Waals surface area (Å²) in [4.78, 5) is 27.5. The Kier molecular flexibility index (Phi) is 7.14. The Morgan fingerprint density at radius 1 is 0.971 bits per heavy atom. The molecule has 0 radical (unpaired) electrons. The van der Waals surface area contributed by atoms with Gasteiger partial charge in [0.05, 0.1) is 16.5 Å². The fourth-order valence-corrected chi connectivity index (χ4v) is 4.87. The van der Waals surface area contributed by atoms with Crippen molar-refractivity contribution in [3.8, 4) is 0 Å². The van der Waals surface area contributed by atoms with Gasteiger partial charge in [-0.2, -0.15) is 0 Å². The minimum atomic E-state index is -3.82. The zero-order chi connectivity index (χ0) is 25.3. The van der Waals surface area contributed by atoms with Crippen LogP contribution in [0.4, 0.5) is 0 Å². The van der Waals surface area contributed by atoms with Crippen molar-refractivity contribution in [3.05, 3.63) is 105 Å². The van der Waals surface area contributed by atoms with Gasteiger partial charge >= 0.3 is 0 Å². The molecule has 0 aliphatic carbocycles. The number of hydrogen-bond donors (Lipinski definition) is 2. The van der Waals surface area contributed by atoms with Gasteiger partial charge in [-0.3, -0.25) is 9.59 Å². The summed E-state index contributed by atoms with van der Waals surface area (Å²) >= 11 is 9.39. The van der Waals surface area contributed by atoms with Crippen molar-refractivity contribution in [2.75, 3.05) is 6.54 Å². The van der Waals surface area contributed by atoms with E-state index in [-0.39, 0.29) is 22.8 Å². The smallest absolute Gasteiger partial charge is 0.295 e. The van der Waals surface area contributed by atoms with Gasteiger partial charge in [0.15, 0.2) is 0 Å². The Morgan fingerprint density at radius 2 is 1.57 bits per heavy atom. The molecule has 35 heavy (non-hydrogen) atoms. The molecule has 1 saturated heterocycles. The second-order valence-electron chi connectivity index (χ2n) is 7.99. The van der Waals surface area contributed by atoms with Crippen LogP contribution in [0.3, 0.4) is 0 Å². The summed E-state index contributed by atoms with van der Waals surface area (Å²) in [5.41, 5.74) is 1.77. The SMILES string of the molecule is NS(=O)(=O)c1ccc(CCN2C(=O)C(=O)C(=C(O)c3ccc(Br)cc3)C2c2ccc(Cl)cc2)cc1. The number of likely N-dealkylation sites (tertiary alicyclic amines) is 1. The van der Waals surface area contributed by atoms with Crippen molar-refractivity contribution in [1.29, 1.82) is 0 Å². The molecule has 3 N–H and O–H groups in total. The second kappa shape index (κ2) is 9.94. The number of Topliss-reactive ketones (excluding diaryl/α,β-unsaturated/α-hetero) is 1. The Hall–Kier alpha value is -2.98. The van der Waals surface area contributed by atoms with Crippen molar-refractivity contribution in [2.24, 2.45) is 5.14 Å². The topological polar surface area (TPSA) is 118 Å². The van der Waals surface area contributed by atoms with Gasteiger partial charge in [-0.1, -0.05) is 63.9 Å². The number of benzene rings is 3. The number of nitrogens with two attached hydrogens (primary N) is 1. The second-order valence-corrected chi connectivity index (χ2v) is 10.9. The van der Waals surface area contributed by atoms with Gasteiger partial charge in [-0.05, 0) is 53.9 Å². The molecule has 180 valence electrons. The number of primary sulfonamides is 1. The third kappa shape index (κ3) is 5.33. The molecular formula is C25H20BrClN2O5S. The molecule has 0 saturated carbocycles. The van der Waals surface area contributed by atoms with Crippen LogP contribution in [0.5, 0.6) is 0 Å². The largest absolute Gasteiger partial charge is 0.507 e. The molecule has 4 rings (SSSR count). The van der Waals surface area contributed by atoms with Crippen LogP contribution in [0.25, 0.3) is 5.76 Å². The van der Waals surface area contributed by atoms with Crippen molar-refractivity contribution < 1.29 is 23.1 Å². The van der Waals surface area contributed by atoms with Gasteiger partial charge in [0.25, 0.3) is 11.7 Å². The quantitative estimate of drug-likeness (QED) is 0.256. The molecule has 10 heteroatoms. The first-order chi connectivity index (χ1) is 16.6. The molecular weight excluding hydrogens is 556 g/mol. The Morgan fingerprint density at radius 3 is 2.14 bits per heavy atom. The molecule has 1 atom stereocenters. The van der Waals surface area contributed by atoms with Crippen LogP contribution in [-0.2, 0) is 26.0 Å². The Labute approximate surface area is 216 Å². The van der Waals surface area contributed by atoms with Crippen molar-refractivity contribution in [2.45, 2.75) is 17.4 Å². The van der Waals surface area contributed by atoms with Crippen molar-refractivity contribution in [3.63, 3.8) is 0 Å². The summed E-state index contributed by atoms with van der Waals surface area (Å²) in [7, 11) is -3.82. The number of hydrogen-bond acceptors (Lipinski definition) is 5. The summed E-state index contributed by atoms with van der Waals surface area (Å²) in [5, 5.41) is 16.7. The molecule has 0 aromatic heterocycles. The van der Waals surface area contributed by atoms with Gasteiger partial charge < -0.3 is 10.0 Å². The highest BCUT2D eigenvalue weighted by atomic mass is 79.9. The maximum absolute atomic E-state index is 13.1. The average Bonchev–Trinajstić information content (AvgIpc) is 3.08. The van der Waals surface area contributed by atoms with Crippen molar-refractivity contribution in [1.82, 2.24) is 4.90 Å². The number of nitrogens with zero attached hydrogens (tertiary/aromatic N) is 1. The van der Waals surface area contributed by atoms with Crippen LogP contribution in [0, 0.1) is 0 Å². The number of amides is 1. The van der Waals surface area contributed by atoms with Crippen LogP contribution >= 0.6 is 27.5 Å². The lowest BCUT2D eigenvalue weighted by molar-refractivity contribution is -0.139. The number of rotatable bonds is 6. The Balaban J connectivity index is 1.72. The predicted octanol–water partition coefficient (Wildman–Crippen LogP) is 4.41. The maximum atomic E-state index is 13.1. The van der Waals surface area contributed by atoms with E-state index in [4.69, 9.17) is 16.7 Å². The number of carbonyl (C=O) groups excluding carboxylic acids is 2. The third-order valence-electron chi connectivity index (χ3n) is 5.74. The standard InChI is InChI=1S/C25H20BrClN2O5S/c26-18-7-3-17(4-8-18)23(30)21-22(16-5-9-19(27)10-6-16)29(25(32)24(21)31)14-13-15-1-11-20(12-2-15)35(28,33)34/h1-12,22,30H,13-14H2,(H2,28,33,34). The minimum absolute atomic E-state index is 0.00998. The summed E-state index contributed by atoms with van der Waals surface area (Å²) in [6, 6.07) is 18.7. The normalized spacial score (nSPS) is 17.7.